The summed E-state index contributed by atoms with van der Waals surface area (Å²) >= 11 is 0. The molecule has 11 heavy (non-hydrogen) atoms. The van der Waals surface area contributed by atoms with Crippen molar-refractivity contribution in [1.82, 2.24) is 0 Å². The summed E-state index contributed by atoms with van der Waals surface area (Å²) in [4.78, 5) is 0. The Morgan fingerprint density at radius 2 is 2.00 bits per heavy atom. The number of hydrogen-bond donors (Lipinski definition) is 2. The Bertz CT molecular complexity index is 263. The first-order valence-corrected chi connectivity index (χ1v) is 3.02. The van der Waals surface area contributed by atoms with Crippen molar-refractivity contribution in [3.63, 3.8) is 0 Å². The van der Waals surface area contributed by atoms with Gasteiger partial charge in [0.1, 0.15) is 13.7 Å². The third-order valence-electron chi connectivity index (χ3n) is 1.33. The van der Waals surface area contributed by atoms with Crippen molar-refractivity contribution < 1.29 is 14.6 Å². The molecule has 0 unspecified atom stereocenters. The zero-order valence-corrected chi connectivity index (χ0v) is 5.66. The smallest absolute Gasteiger partial charge is 0.177 e. The van der Waals surface area contributed by atoms with E-state index in [9.17, 15) is 4.39 Å². The lowest BCUT2D eigenvalue weighted by Crippen LogP contribution is -2.14. The number of hydrogen-bond acceptors (Lipinski definition) is 2. The van der Waals surface area contributed by atoms with Gasteiger partial charge in [-0.2, -0.15) is 0 Å². The summed E-state index contributed by atoms with van der Waals surface area (Å²) in [6.45, 7) is 0. The second-order valence-corrected chi connectivity index (χ2v) is 2.15. The summed E-state index contributed by atoms with van der Waals surface area (Å²) < 4.78 is 12.4. The van der Waals surface area contributed by atoms with Crippen molar-refractivity contribution in [2.24, 2.45) is 0 Å². The van der Waals surface area contributed by atoms with Gasteiger partial charge in [-0.25, -0.2) is 4.39 Å². The molecule has 1 aromatic rings. The van der Waals surface area contributed by atoms with E-state index in [1.807, 2.05) is 0 Å². The molecule has 0 spiro atoms. The highest BCUT2D eigenvalue weighted by molar-refractivity contribution is 6.33. The fourth-order valence-electron chi connectivity index (χ4n) is 0.769. The molecular weight excluding hydrogens is 146 g/mol. The van der Waals surface area contributed by atoms with Crippen LogP contribution in [0.5, 0.6) is 0 Å². The Kier molecular flexibility index (Phi) is 2.26. The van der Waals surface area contributed by atoms with Crippen molar-refractivity contribution >= 4 is 13.3 Å². The van der Waals surface area contributed by atoms with Gasteiger partial charge in [-0.3, -0.25) is 0 Å². The Hall–Kier alpha value is -0.865. The predicted octanol–water partition coefficient (Wildman–Crippen LogP) is -0.397. The van der Waals surface area contributed by atoms with Crippen LogP contribution in [0.4, 0.5) is 4.39 Å². The van der Waals surface area contributed by atoms with Crippen molar-refractivity contribution in [2.45, 2.75) is 6.29 Å². The average Bonchev–Trinajstić information content (AvgIpc) is 1.94. The van der Waals surface area contributed by atoms with Gasteiger partial charge < -0.3 is 10.2 Å². The fourth-order valence-corrected chi connectivity index (χ4v) is 0.769. The second kappa shape index (κ2) is 3.03. The molecule has 0 bridgehead atoms. The van der Waals surface area contributed by atoms with Gasteiger partial charge in [0.05, 0.1) is 0 Å². The molecule has 1 rings (SSSR count). The quantitative estimate of drug-likeness (QED) is 0.424. The highest BCUT2D eigenvalue weighted by Gasteiger charge is 2.05. The first kappa shape index (κ1) is 8.23. The summed E-state index contributed by atoms with van der Waals surface area (Å²) in [5.74, 6) is -0.540. The SMILES string of the molecule is [B]c1ccc(F)cc1C(O)O. The molecular formula is C7H6BFO2. The number of rotatable bonds is 1. The summed E-state index contributed by atoms with van der Waals surface area (Å²) in [7, 11) is 5.30. The highest BCUT2D eigenvalue weighted by atomic mass is 19.1. The van der Waals surface area contributed by atoms with E-state index in [1.165, 1.54) is 6.07 Å². The maximum absolute atomic E-state index is 12.4. The van der Waals surface area contributed by atoms with E-state index in [2.05, 4.69) is 0 Å². The molecule has 56 valence electrons. The summed E-state index contributed by atoms with van der Waals surface area (Å²) in [6.07, 6.45) is -1.72. The van der Waals surface area contributed by atoms with E-state index < -0.39 is 12.1 Å². The minimum absolute atomic E-state index is 0.00926. The summed E-state index contributed by atoms with van der Waals surface area (Å²) in [6, 6.07) is 3.42. The third kappa shape index (κ3) is 1.79. The maximum atomic E-state index is 12.4. The van der Waals surface area contributed by atoms with Crippen molar-refractivity contribution in [1.29, 1.82) is 0 Å². The van der Waals surface area contributed by atoms with Gasteiger partial charge in [-0.1, -0.05) is 11.5 Å². The van der Waals surface area contributed by atoms with E-state index >= 15 is 0 Å². The first-order valence-electron chi connectivity index (χ1n) is 3.02. The highest BCUT2D eigenvalue weighted by Crippen LogP contribution is 2.07. The van der Waals surface area contributed by atoms with E-state index in [-0.39, 0.29) is 11.0 Å². The van der Waals surface area contributed by atoms with Crippen LogP contribution >= 0.6 is 0 Å². The largest absolute Gasteiger partial charge is 0.364 e. The van der Waals surface area contributed by atoms with Gasteiger partial charge >= 0.3 is 0 Å². The van der Waals surface area contributed by atoms with Crippen LogP contribution in [0.25, 0.3) is 0 Å². The van der Waals surface area contributed by atoms with Crippen LogP contribution in [0.3, 0.4) is 0 Å². The summed E-state index contributed by atoms with van der Waals surface area (Å²) in [5, 5.41) is 17.3. The lowest BCUT2D eigenvalue weighted by molar-refractivity contribution is -0.0418. The van der Waals surface area contributed by atoms with Crippen LogP contribution in [-0.2, 0) is 0 Å². The van der Waals surface area contributed by atoms with Crippen LogP contribution in [0.2, 0.25) is 0 Å². The Morgan fingerprint density at radius 3 is 2.45 bits per heavy atom. The van der Waals surface area contributed by atoms with Crippen molar-refractivity contribution in [2.75, 3.05) is 0 Å². The van der Waals surface area contributed by atoms with Gasteiger partial charge in [0.2, 0.25) is 0 Å². The molecule has 0 atom stereocenters. The molecule has 0 saturated heterocycles. The molecule has 4 heteroatoms. The molecule has 0 fully saturated rings. The lowest BCUT2D eigenvalue weighted by atomic mass is 9.90. The Morgan fingerprint density at radius 1 is 1.36 bits per heavy atom. The zero-order chi connectivity index (χ0) is 8.43. The van der Waals surface area contributed by atoms with Gasteiger partial charge in [0.15, 0.2) is 6.29 Å². The first-order chi connectivity index (χ1) is 5.11. The van der Waals surface area contributed by atoms with E-state index in [0.717, 1.165) is 12.1 Å². The molecule has 2 N–H and O–H groups in total. The van der Waals surface area contributed by atoms with Crippen LogP contribution < -0.4 is 5.46 Å². The van der Waals surface area contributed by atoms with Crippen LogP contribution in [-0.4, -0.2) is 18.1 Å². The average molecular weight is 152 g/mol. The minimum atomic E-state index is -1.72. The molecule has 0 amide bonds. The third-order valence-corrected chi connectivity index (χ3v) is 1.33. The Balaban J connectivity index is 3.13. The summed E-state index contributed by atoms with van der Waals surface area (Å²) in [5.41, 5.74) is 0.159. The molecule has 2 radical (unpaired) electrons. The molecule has 0 aliphatic rings. The number of aliphatic hydroxyl groups excluding tert-OH is 1. The van der Waals surface area contributed by atoms with Gasteiger partial charge in [0.25, 0.3) is 0 Å². The van der Waals surface area contributed by atoms with Gasteiger partial charge in [-0.05, 0) is 12.1 Å². The van der Waals surface area contributed by atoms with Crippen LogP contribution in [0.1, 0.15) is 11.9 Å². The van der Waals surface area contributed by atoms with E-state index in [1.54, 1.807) is 0 Å². The molecule has 1 aromatic carbocycles. The second-order valence-electron chi connectivity index (χ2n) is 2.15. The van der Waals surface area contributed by atoms with Crippen molar-refractivity contribution in [3.05, 3.63) is 29.6 Å². The number of benzene rings is 1. The predicted molar refractivity (Wildman–Crippen MR) is 39.0 cm³/mol. The zero-order valence-electron chi connectivity index (χ0n) is 5.66. The number of aliphatic hydroxyl groups is 2. The maximum Gasteiger partial charge on any atom is 0.177 e. The molecule has 0 aliphatic heterocycles. The topological polar surface area (TPSA) is 40.5 Å². The number of halogens is 1. The van der Waals surface area contributed by atoms with Crippen LogP contribution in [0.15, 0.2) is 18.2 Å². The van der Waals surface area contributed by atoms with Crippen molar-refractivity contribution in [3.8, 4) is 0 Å². The molecule has 0 saturated carbocycles. The monoisotopic (exact) mass is 152 g/mol. The normalized spacial score (nSPS) is 10.5. The molecule has 0 heterocycles. The van der Waals surface area contributed by atoms with Gasteiger partial charge in [-0.15, -0.1) is 0 Å². The Labute approximate surface area is 64.7 Å². The minimum Gasteiger partial charge on any atom is -0.364 e. The molecule has 0 aliphatic carbocycles. The molecule has 0 aromatic heterocycles. The molecule has 2 nitrogen and oxygen atoms in total. The lowest BCUT2D eigenvalue weighted by Gasteiger charge is -2.07. The fraction of sp³-hybridized carbons (Fsp3) is 0.143. The van der Waals surface area contributed by atoms with Crippen LogP contribution in [0, 0.1) is 5.82 Å². The standard InChI is InChI=1S/C7H6BFO2/c8-6-2-1-4(9)3-5(6)7(10)11/h1-3,7,10-11H. The van der Waals surface area contributed by atoms with E-state index in [0.29, 0.717) is 0 Å². The van der Waals surface area contributed by atoms with Gasteiger partial charge in [0, 0.05) is 5.56 Å². The van der Waals surface area contributed by atoms with E-state index in [4.69, 9.17) is 18.1 Å².